The Morgan fingerprint density at radius 2 is 2.18 bits per heavy atom. The van der Waals surface area contributed by atoms with E-state index in [4.69, 9.17) is 10.5 Å². The predicted molar refractivity (Wildman–Crippen MR) is 73.8 cm³/mol. The molecule has 0 bridgehead atoms. The molecule has 0 atom stereocenters. The first-order valence-electron chi connectivity index (χ1n) is 6.07. The van der Waals surface area contributed by atoms with Gasteiger partial charge in [0.15, 0.2) is 0 Å². The van der Waals surface area contributed by atoms with E-state index in [0.29, 0.717) is 12.3 Å². The lowest BCUT2D eigenvalue weighted by Crippen LogP contribution is -2.27. The highest BCUT2D eigenvalue weighted by Crippen LogP contribution is 2.27. The molecule has 3 N–H and O–H groups in total. The fourth-order valence-electron chi connectivity index (χ4n) is 1.51. The molecule has 4 heteroatoms. The molecule has 0 heterocycles. The minimum absolute atomic E-state index is 0.698. The molecule has 0 aromatic heterocycles. The van der Waals surface area contributed by atoms with Crippen LogP contribution in [-0.2, 0) is 0 Å². The van der Waals surface area contributed by atoms with E-state index in [-0.39, 0.29) is 0 Å². The third-order valence-corrected chi connectivity index (χ3v) is 2.60. The van der Waals surface area contributed by atoms with Crippen molar-refractivity contribution in [2.45, 2.75) is 13.3 Å². The Labute approximate surface area is 104 Å². The SMILES string of the molecule is CCCOc1cc(N(C)CCNC)ccc1N. The molecule has 0 radical (unpaired) electrons. The van der Waals surface area contributed by atoms with Gasteiger partial charge in [-0.05, 0) is 25.6 Å². The Kier molecular flexibility index (Phi) is 5.63. The van der Waals surface area contributed by atoms with Crippen LogP contribution in [-0.4, -0.2) is 33.8 Å². The van der Waals surface area contributed by atoms with Gasteiger partial charge in [0.05, 0.1) is 12.3 Å². The number of hydrogen-bond donors (Lipinski definition) is 2. The number of hydrogen-bond acceptors (Lipinski definition) is 4. The van der Waals surface area contributed by atoms with Gasteiger partial charge >= 0.3 is 0 Å². The number of nitrogens with one attached hydrogen (secondary N) is 1. The Bertz CT molecular complexity index is 341. The second-order valence-electron chi connectivity index (χ2n) is 4.10. The van der Waals surface area contributed by atoms with E-state index in [1.807, 2.05) is 25.2 Å². The van der Waals surface area contributed by atoms with E-state index in [1.165, 1.54) is 0 Å². The number of ether oxygens (including phenoxy) is 1. The van der Waals surface area contributed by atoms with Gasteiger partial charge in [0.25, 0.3) is 0 Å². The number of nitrogen functional groups attached to an aromatic ring is 1. The highest BCUT2D eigenvalue weighted by Gasteiger charge is 2.05. The van der Waals surface area contributed by atoms with E-state index in [2.05, 4.69) is 24.2 Å². The van der Waals surface area contributed by atoms with Gasteiger partial charge in [0.1, 0.15) is 5.75 Å². The first-order chi connectivity index (χ1) is 8.19. The summed E-state index contributed by atoms with van der Waals surface area (Å²) < 4.78 is 5.61. The third kappa shape index (κ3) is 4.15. The number of anilines is 2. The lowest BCUT2D eigenvalue weighted by molar-refractivity contribution is 0.319. The maximum Gasteiger partial charge on any atom is 0.144 e. The van der Waals surface area contributed by atoms with Gasteiger partial charge in [-0.1, -0.05) is 6.92 Å². The highest BCUT2D eigenvalue weighted by molar-refractivity contribution is 5.62. The van der Waals surface area contributed by atoms with Crippen molar-refractivity contribution in [1.82, 2.24) is 5.32 Å². The third-order valence-electron chi connectivity index (χ3n) is 2.60. The molecule has 1 aromatic carbocycles. The number of rotatable bonds is 7. The number of nitrogens with zero attached hydrogens (tertiary/aromatic N) is 1. The van der Waals surface area contributed by atoms with Crippen molar-refractivity contribution >= 4 is 11.4 Å². The lowest BCUT2D eigenvalue weighted by Gasteiger charge is -2.20. The van der Waals surface area contributed by atoms with Gasteiger partial charge in [-0.3, -0.25) is 0 Å². The summed E-state index contributed by atoms with van der Waals surface area (Å²) >= 11 is 0. The Hall–Kier alpha value is -1.42. The molecule has 17 heavy (non-hydrogen) atoms. The van der Waals surface area contributed by atoms with Gasteiger partial charge in [0, 0.05) is 31.9 Å². The second kappa shape index (κ2) is 7.01. The van der Waals surface area contributed by atoms with Gasteiger partial charge in [-0.25, -0.2) is 0 Å². The fourth-order valence-corrected chi connectivity index (χ4v) is 1.51. The number of nitrogens with two attached hydrogens (primary N) is 1. The summed E-state index contributed by atoms with van der Waals surface area (Å²) in [6, 6.07) is 5.92. The first-order valence-corrected chi connectivity index (χ1v) is 6.07. The van der Waals surface area contributed by atoms with Crippen LogP contribution in [0.25, 0.3) is 0 Å². The van der Waals surface area contributed by atoms with Crippen LogP contribution in [0.3, 0.4) is 0 Å². The van der Waals surface area contributed by atoms with Crippen LogP contribution < -0.4 is 20.7 Å². The zero-order valence-corrected chi connectivity index (χ0v) is 11.0. The van der Waals surface area contributed by atoms with E-state index < -0.39 is 0 Å². The maximum atomic E-state index is 5.87. The van der Waals surface area contributed by atoms with Crippen LogP contribution in [0.4, 0.5) is 11.4 Å². The molecule has 0 saturated heterocycles. The highest BCUT2D eigenvalue weighted by atomic mass is 16.5. The van der Waals surface area contributed by atoms with Crippen molar-refractivity contribution in [2.24, 2.45) is 0 Å². The molecule has 0 amide bonds. The minimum Gasteiger partial charge on any atom is -0.491 e. The topological polar surface area (TPSA) is 50.5 Å². The van der Waals surface area contributed by atoms with Gasteiger partial charge in [0.2, 0.25) is 0 Å². The Balaban J connectivity index is 2.72. The molecule has 0 saturated carbocycles. The summed E-state index contributed by atoms with van der Waals surface area (Å²) in [7, 11) is 4.01. The molecule has 0 spiro atoms. The molecule has 4 nitrogen and oxygen atoms in total. The van der Waals surface area contributed by atoms with Crippen molar-refractivity contribution in [1.29, 1.82) is 0 Å². The summed E-state index contributed by atoms with van der Waals surface area (Å²) in [6.07, 6.45) is 0.985. The fraction of sp³-hybridized carbons (Fsp3) is 0.538. The molecule has 0 aliphatic heterocycles. The zero-order chi connectivity index (χ0) is 12.7. The molecule has 1 aromatic rings. The van der Waals surface area contributed by atoms with Gasteiger partial charge in [-0.15, -0.1) is 0 Å². The smallest absolute Gasteiger partial charge is 0.144 e. The number of benzene rings is 1. The van der Waals surface area contributed by atoms with Crippen molar-refractivity contribution in [2.75, 3.05) is 44.4 Å². The molecule has 0 aliphatic rings. The standard InChI is InChI=1S/C13H23N3O/c1-4-9-17-13-10-11(5-6-12(13)14)16(3)8-7-15-2/h5-6,10,15H,4,7-9,14H2,1-3H3. The molecule has 0 unspecified atom stereocenters. The van der Waals surface area contributed by atoms with Crippen LogP contribution in [0.2, 0.25) is 0 Å². The Morgan fingerprint density at radius 3 is 2.82 bits per heavy atom. The summed E-state index contributed by atoms with van der Waals surface area (Å²) in [6.45, 7) is 4.69. The monoisotopic (exact) mass is 237 g/mol. The van der Waals surface area contributed by atoms with Crippen molar-refractivity contribution in [3.63, 3.8) is 0 Å². The molecule has 0 fully saturated rings. The average molecular weight is 237 g/mol. The summed E-state index contributed by atoms with van der Waals surface area (Å²) in [5.41, 5.74) is 7.70. The van der Waals surface area contributed by atoms with E-state index in [0.717, 1.165) is 30.9 Å². The van der Waals surface area contributed by atoms with Crippen LogP contribution in [0.1, 0.15) is 13.3 Å². The normalized spacial score (nSPS) is 10.3. The first kappa shape index (κ1) is 13.6. The molecule has 96 valence electrons. The maximum absolute atomic E-state index is 5.87. The molecule has 0 aliphatic carbocycles. The molecule has 1 rings (SSSR count). The van der Waals surface area contributed by atoms with Crippen LogP contribution >= 0.6 is 0 Å². The van der Waals surface area contributed by atoms with Crippen molar-refractivity contribution < 1.29 is 4.74 Å². The summed E-state index contributed by atoms with van der Waals surface area (Å²) in [5, 5.41) is 3.13. The van der Waals surface area contributed by atoms with Gasteiger partial charge in [-0.2, -0.15) is 0 Å². The van der Waals surface area contributed by atoms with E-state index in [9.17, 15) is 0 Å². The molecular weight excluding hydrogens is 214 g/mol. The van der Waals surface area contributed by atoms with Crippen LogP contribution in [0, 0.1) is 0 Å². The van der Waals surface area contributed by atoms with E-state index in [1.54, 1.807) is 0 Å². The second-order valence-corrected chi connectivity index (χ2v) is 4.10. The van der Waals surface area contributed by atoms with Crippen LogP contribution in [0.5, 0.6) is 5.75 Å². The quantitative estimate of drug-likeness (QED) is 0.709. The molecular formula is C13H23N3O. The lowest BCUT2D eigenvalue weighted by atomic mass is 10.2. The van der Waals surface area contributed by atoms with E-state index >= 15 is 0 Å². The van der Waals surface area contributed by atoms with Crippen LogP contribution in [0.15, 0.2) is 18.2 Å². The summed E-state index contributed by atoms with van der Waals surface area (Å²) in [4.78, 5) is 2.18. The minimum atomic E-state index is 0.698. The summed E-state index contributed by atoms with van der Waals surface area (Å²) in [5.74, 6) is 0.778. The largest absolute Gasteiger partial charge is 0.491 e. The van der Waals surface area contributed by atoms with Crippen molar-refractivity contribution in [3.05, 3.63) is 18.2 Å². The Morgan fingerprint density at radius 1 is 1.41 bits per heavy atom. The van der Waals surface area contributed by atoms with Gasteiger partial charge < -0.3 is 20.7 Å². The average Bonchev–Trinajstić information content (AvgIpc) is 2.35. The number of likely N-dealkylation sites (N-methyl/N-ethyl adjacent to an activating group) is 2. The van der Waals surface area contributed by atoms with Crippen molar-refractivity contribution in [3.8, 4) is 5.75 Å². The zero-order valence-electron chi connectivity index (χ0n) is 11.0. The predicted octanol–water partition coefficient (Wildman–Crippen LogP) is 1.71.